The number of nitrogens with zero attached hydrogens (tertiary/aromatic N) is 3. The minimum atomic E-state index is -0.400. The number of imidazole rings is 1. The van der Waals surface area contributed by atoms with Gasteiger partial charge in [0.1, 0.15) is 5.82 Å². The van der Waals surface area contributed by atoms with Crippen LogP contribution in [0.3, 0.4) is 0 Å². The highest BCUT2D eigenvalue weighted by molar-refractivity contribution is 7.99. The van der Waals surface area contributed by atoms with E-state index in [-0.39, 0.29) is 17.3 Å². The predicted octanol–water partition coefficient (Wildman–Crippen LogP) is 3.17. The minimum absolute atomic E-state index is 0.0776. The molecule has 2 heterocycles. The van der Waals surface area contributed by atoms with Crippen molar-refractivity contribution in [3.63, 3.8) is 0 Å². The first-order valence-electron chi connectivity index (χ1n) is 8.99. The number of thioether (sulfide) groups is 1. The van der Waals surface area contributed by atoms with Crippen molar-refractivity contribution in [2.75, 3.05) is 11.1 Å². The highest BCUT2D eigenvalue weighted by atomic mass is 32.2. The maximum atomic E-state index is 14.2. The van der Waals surface area contributed by atoms with Crippen LogP contribution in [0.2, 0.25) is 0 Å². The van der Waals surface area contributed by atoms with E-state index in [9.17, 15) is 14.0 Å². The molecule has 0 radical (unpaired) electrons. The van der Waals surface area contributed by atoms with Gasteiger partial charge in [0.25, 0.3) is 0 Å². The zero-order chi connectivity index (χ0) is 21.1. The van der Waals surface area contributed by atoms with Gasteiger partial charge >= 0.3 is 5.69 Å². The molecule has 0 saturated carbocycles. The van der Waals surface area contributed by atoms with E-state index >= 15 is 0 Å². The van der Waals surface area contributed by atoms with Gasteiger partial charge in [0, 0.05) is 12.2 Å². The summed E-state index contributed by atoms with van der Waals surface area (Å²) in [6, 6.07) is 11.4. The highest BCUT2D eigenvalue weighted by Gasteiger charge is 2.17. The quantitative estimate of drug-likeness (QED) is 0.312. The average molecular weight is 424 g/mol. The van der Waals surface area contributed by atoms with Gasteiger partial charge in [-0.25, -0.2) is 9.18 Å². The van der Waals surface area contributed by atoms with Crippen molar-refractivity contribution in [3.05, 3.63) is 71.4 Å². The summed E-state index contributed by atoms with van der Waals surface area (Å²) in [5.74, 6) is -0.202. The van der Waals surface area contributed by atoms with E-state index in [0.717, 1.165) is 0 Å². The normalized spacial score (nSPS) is 11.0. The fraction of sp³-hybridized carbons (Fsp3) is 0.100. The van der Waals surface area contributed by atoms with Crippen LogP contribution < -0.4 is 11.0 Å². The van der Waals surface area contributed by atoms with Crippen molar-refractivity contribution in [1.82, 2.24) is 24.7 Å². The molecule has 0 aliphatic carbocycles. The molecule has 0 spiro atoms. The number of rotatable bonds is 7. The first-order chi connectivity index (χ1) is 14.5. The van der Waals surface area contributed by atoms with Crippen molar-refractivity contribution >= 4 is 34.4 Å². The smallest absolute Gasteiger partial charge is 0.323 e. The predicted molar refractivity (Wildman–Crippen MR) is 114 cm³/mol. The number of amides is 1. The van der Waals surface area contributed by atoms with Gasteiger partial charge in [-0.1, -0.05) is 30.0 Å². The second kappa shape index (κ2) is 8.37. The van der Waals surface area contributed by atoms with Crippen LogP contribution in [0.25, 0.3) is 22.4 Å². The van der Waals surface area contributed by atoms with Crippen LogP contribution >= 0.6 is 11.8 Å². The molecule has 0 aliphatic rings. The molecule has 30 heavy (non-hydrogen) atoms. The van der Waals surface area contributed by atoms with Crippen molar-refractivity contribution in [2.24, 2.45) is 0 Å². The Hall–Kier alpha value is -3.66. The number of hydrogen-bond donors (Lipinski definition) is 3. The summed E-state index contributed by atoms with van der Waals surface area (Å²) in [6.45, 7) is 4.10. The Kier molecular flexibility index (Phi) is 5.48. The van der Waals surface area contributed by atoms with Crippen LogP contribution in [-0.4, -0.2) is 36.4 Å². The number of aromatic nitrogens is 5. The zero-order valence-corrected chi connectivity index (χ0v) is 16.5. The molecule has 2 aromatic carbocycles. The minimum Gasteiger partial charge on any atom is -0.325 e. The largest absolute Gasteiger partial charge is 0.325 e. The van der Waals surface area contributed by atoms with E-state index in [0.29, 0.717) is 39.8 Å². The lowest BCUT2D eigenvalue weighted by molar-refractivity contribution is -0.113. The Labute approximate surface area is 174 Å². The number of anilines is 1. The number of halogens is 1. The summed E-state index contributed by atoms with van der Waals surface area (Å²) in [4.78, 5) is 29.0. The van der Waals surface area contributed by atoms with E-state index < -0.39 is 5.82 Å². The van der Waals surface area contributed by atoms with E-state index in [1.165, 1.54) is 17.8 Å². The third kappa shape index (κ3) is 4.03. The van der Waals surface area contributed by atoms with E-state index in [1.807, 2.05) is 0 Å². The Morgan fingerprint density at radius 1 is 1.20 bits per heavy atom. The van der Waals surface area contributed by atoms with Crippen molar-refractivity contribution in [2.45, 2.75) is 11.7 Å². The summed E-state index contributed by atoms with van der Waals surface area (Å²) >= 11 is 1.19. The number of allylic oxidation sites excluding steroid dienone is 1. The first-order valence-corrected chi connectivity index (χ1v) is 9.97. The van der Waals surface area contributed by atoms with E-state index in [2.05, 4.69) is 32.1 Å². The van der Waals surface area contributed by atoms with Gasteiger partial charge in [-0.2, -0.15) is 0 Å². The molecule has 8 nitrogen and oxygen atoms in total. The molecule has 0 saturated heterocycles. The molecule has 0 atom stereocenters. The van der Waals surface area contributed by atoms with Crippen LogP contribution in [-0.2, 0) is 11.3 Å². The molecule has 1 amide bonds. The van der Waals surface area contributed by atoms with Crippen LogP contribution in [0.1, 0.15) is 0 Å². The second-order valence-electron chi connectivity index (χ2n) is 6.36. The SMILES string of the molecule is C=CCn1c(SCC(=O)Nc2ccc3[nH]c(=O)[nH]c3c2)nnc1-c1ccccc1F. The van der Waals surface area contributed by atoms with E-state index in [1.54, 1.807) is 47.0 Å². The second-order valence-corrected chi connectivity index (χ2v) is 7.30. The Bertz CT molecular complexity index is 1290. The standard InChI is InChI=1S/C20H17FN6O2S/c1-2-9-27-18(13-5-3-4-6-14(13)21)25-26-20(27)30-11-17(28)22-12-7-8-15-16(10-12)24-19(29)23-15/h2-8,10H,1,9,11H2,(H,22,28)(H2,23,24,29). The molecule has 0 aliphatic heterocycles. The summed E-state index contributed by atoms with van der Waals surface area (Å²) in [5, 5.41) is 11.5. The van der Waals surface area contributed by atoms with Crippen LogP contribution in [0.15, 0.2) is 65.1 Å². The number of hydrogen-bond acceptors (Lipinski definition) is 5. The van der Waals surface area contributed by atoms with E-state index in [4.69, 9.17) is 0 Å². The van der Waals surface area contributed by atoms with Gasteiger partial charge in [-0.15, -0.1) is 16.8 Å². The Morgan fingerprint density at radius 3 is 2.80 bits per heavy atom. The van der Waals surface area contributed by atoms with Gasteiger partial charge in [0.2, 0.25) is 5.91 Å². The maximum Gasteiger partial charge on any atom is 0.323 e. The molecule has 10 heteroatoms. The van der Waals surface area contributed by atoms with Crippen molar-refractivity contribution in [1.29, 1.82) is 0 Å². The summed E-state index contributed by atoms with van der Waals surface area (Å²) in [6.07, 6.45) is 1.66. The fourth-order valence-electron chi connectivity index (χ4n) is 2.97. The van der Waals surface area contributed by atoms with Crippen LogP contribution in [0.5, 0.6) is 0 Å². The number of carbonyl (C=O) groups excluding carboxylic acids is 1. The summed E-state index contributed by atoms with van der Waals surface area (Å²) in [7, 11) is 0. The topological polar surface area (TPSA) is 108 Å². The highest BCUT2D eigenvalue weighted by Crippen LogP contribution is 2.26. The van der Waals surface area contributed by atoms with Crippen molar-refractivity contribution < 1.29 is 9.18 Å². The van der Waals surface area contributed by atoms with Gasteiger partial charge in [-0.3, -0.25) is 9.36 Å². The lowest BCUT2D eigenvalue weighted by Crippen LogP contribution is -2.14. The fourth-order valence-corrected chi connectivity index (χ4v) is 3.72. The first kappa shape index (κ1) is 19.6. The number of carbonyl (C=O) groups is 1. The summed E-state index contributed by atoms with van der Waals surface area (Å²) in [5.41, 5.74) is 1.84. The van der Waals surface area contributed by atoms with Crippen molar-refractivity contribution in [3.8, 4) is 11.4 Å². The molecule has 3 N–H and O–H groups in total. The molecular formula is C20H17FN6O2S. The third-order valence-corrected chi connectivity index (χ3v) is 5.24. The number of nitrogens with one attached hydrogen (secondary N) is 3. The van der Waals surface area contributed by atoms with Gasteiger partial charge in [0.15, 0.2) is 11.0 Å². The molecule has 0 unspecified atom stereocenters. The number of fused-ring (bicyclic) bond motifs is 1. The monoisotopic (exact) mass is 424 g/mol. The number of aromatic amines is 2. The Balaban J connectivity index is 1.48. The molecule has 0 bridgehead atoms. The number of benzene rings is 2. The van der Waals surface area contributed by atoms with Crippen LogP contribution in [0, 0.1) is 5.82 Å². The lowest BCUT2D eigenvalue weighted by atomic mass is 10.2. The third-order valence-electron chi connectivity index (χ3n) is 4.28. The van der Waals surface area contributed by atoms with Gasteiger partial charge < -0.3 is 15.3 Å². The molecule has 4 rings (SSSR count). The zero-order valence-electron chi connectivity index (χ0n) is 15.7. The molecule has 4 aromatic rings. The maximum absolute atomic E-state index is 14.2. The van der Waals surface area contributed by atoms with Gasteiger partial charge in [0.05, 0.1) is 22.3 Å². The molecular weight excluding hydrogens is 407 g/mol. The molecule has 0 fully saturated rings. The average Bonchev–Trinajstić information content (AvgIpc) is 3.29. The Morgan fingerprint density at radius 2 is 2.00 bits per heavy atom. The van der Waals surface area contributed by atoms with Crippen LogP contribution in [0.4, 0.5) is 10.1 Å². The molecule has 2 aromatic heterocycles. The summed E-state index contributed by atoms with van der Waals surface area (Å²) < 4.78 is 15.9. The number of H-pyrrole nitrogens is 2. The van der Waals surface area contributed by atoms with Gasteiger partial charge in [-0.05, 0) is 30.3 Å². The lowest BCUT2D eigenvalue weighted by Gasteiger charge is -2.09. The molecule has 152 valence electrons.